The van der Waals surface area contributed by atoms with Crippen LogP contribution in [0.1, 0.15) is 12.8 Å². The first-order chi connectivity index (χ1) is 5.22. The standard InChI is InChI=1S/C7H15ClO2Si/c1-9-11(10-2)5-3-7(8)4-6-11/h7H,3-6H2,1-2H3. The molecule has 1 rings (SSSR count). The molecule has 0 aliphatic carbocycles. The molecule has 0 aromatic heterocycles. The van der Waals surface area contributed by atoms with Crippen molar-refractivity contribution in [1.29, 1.82) is 0 Å². The summed E-state index contributed by atoms with van der Waals surface area (Å²) in [5, 5.41) is 0.348. The molecule has 0 atom stereocenters. The molecular weight excluding hydrogens is 180 g/mol. The van der Waals surface area contributed by atoms with E-state index >= 15 is 0 Å². The van der Waals surface area contributed by atoms with Crippen LogP contribution in [0.2, 0.25) is 12.1 Å². The molecule has 0 unspecified atom stereocenters. The highest BCUT2D eigenvalue weighted by Crippen LogP contribution is 2.31. The minimum Gasteiger partial charge on any atom is -0.398 e. The van der Waals surface area contributed by atoms with Crippen LogP contribution in [-0.4, -0.2) is 28.2 Å². The van der Waals surface area contributed by atoms with Gasteiger partial charge in [0.1, 0.15) is 0 Å². The maximum Gasteiger partial charge on any atom is 0.337 e. The van der Waals surface area contributed by atoms with Gasteiger partial charge in [-0.25, -0.2) is 0 Å². The third-order valence-electron chi connectivity index (χ3n) is 2.42. The van der Waals surface area contributed by atoms with Crippen molar-refractivity contribution in [1.82, 2.24) is 0 Å². The lowest BCUT2D eigenvalue weighted by Gasteiger charge is -2.32. The monoisotopic (exact) mass is 194 g/mol. The molecule has 1 saturated heterocycles. The van der Waals surface area contributed by atoms with E-state index in [-0.39, 0.29) is 0 Å². The van der Waals surface area contributed by atoms with Crippen molar-refractivity contribution in [3.63, 3.8) is 0 Å². The van der Waals surface area contributed by atoms with Gasteiger partial charge in [0, 0.05) is 19.6 Å². The molecule has 0 radical (unpaired) electrons. The van der Waals surface area contributed by atoms with Crippen LogP contribution in [-0.2, 0) is 8.85 Å². The first-order valence-corrected chi connectivity index (χ1v) is 6.63. The van der Waals surface area contributed by atoms with Crippen LogP contribution in [0.4, 0.5) is 0 Å². The van der Waals surface area contributed by atoms with Gasteiger partial charge in [-0.15, -0.1) is 11.6 Å². The Hall–Kier alpha value is 0.427. The SMILES string of the molecule is CO[Si]1(OC)CCC(Cl)CC1. The molecule has 0 bridgehead atoms. The molecule has 2 nitrogen and oxygen atoms in total. The highest BCUT2D eigenvalue weighted by atomic mass is 35.5. The average Bonchev–Trinajstić information content (AvgIpc) is 2.07. The van der Waals surface area contributed by atoms with E-state index < -0.39 is 8.56 Å². The number of alkyl halides is 1. The second-order valence-electron chi connectivity index (χ2n) is 2.99. The van der Waals surface area contributed by atoms with E-state index in [1.807, 2.05) is 0 Å². The van der Waals surface area contributed by atoms with E-state index in [9.17, 15) is 0 Å². The Balaban J connectivity index is 2.45. The van der Waals surface area contributed by atoms with E-state index in [0.29, 0.717) is 5.38 Å². The van der Waals surface area contributed by atoms with Crippen LogP contribution in [0.15, 0.2) is 0 Å². The Morgan fingerprint density at radius 2 is 1.64 bits per heavy atom. The minimum atomic E-state index is -1.76. The highest BCUT2D eigenvalue weighted by Gasteiger charge is 2.39. The summed E-state index contributed by atoms with van der Waals surface area (Å²) in [6.45, 7) is 0. The van der Waals surface area contributed by atoms with Crippen molar-refractivity contribution in [2.24, 2.45) is 0 Å². The number of hydrogen-bond acceptors (Lipinski definition) is 2. The summed E-state index contributed by atoms with van der Waals surface area (Å²) in [5.74, 6) is 0. The Bertz CT molecular complexity index is 118. The molecule has 0 aromatic carbocycles. The van der Waals surface area contributed by atoms with Crippen molar-refractivity contribution in [3.05, 3.63) is 0 Å². The number of rotatable bonds is 2. The smallest absolute Gasteiger partial charge is 0.337 e. The fourth-order valence-electron chi connectivity index (χ4n) is 1.51. The summed E-state index contributed by atoms with van der Waals surface area (Å²) >= 11 is 5.97. The third-order valence-corrected chi connectivity index (χ3v) is 6.45. The number of hydrogen-bond donors (Lipinski definition) is 0. The summed E-state index contributed by atoms with van der Waals surface area (Å²) in [6.07, 6.45) is 2.10. The minimum absolute atomic E-state index is 0.348. The topological polar surface area (TPSA) is 18.5 Å². The summed E-state index contributed by atoms with van der Waals surface area (Å²) < 4.78 is 10.9. The van der Waals surface area contributed by atoms with Crippen LogP contribution in [0.25, 0.3) is 0 Å². The largest absolute Gasteiger partial charge is 0.398 e. The second kappa shape index (κ2) is 3.89. The van der Waals surface area contributed by atoms with E-state index in [4.69, 9.17) is 20.5 Å². The second-order valence-corrected chi connectivity index (χ2v) is 7.25. The molecule has 11 heavy (non-hydrogen) atoms. The van der Waals surface area contributed by atoms with Gasteiger partial charge in [0.05, 0.1) is 0 Å². The van der Waals surface area contributed by atoms with Crippen molar-refractivity contribution in [3.8, 4) is 0 Å². The summed E-state index contributed by atoms with van der Waals surface area (Å²) in [6, 6.07) is 2.10. The molecule has 0 spiro atoms. The van der Waals surface area contributed by atoms with Gasteiger partial charge in [-0.1, -0.05) is 0 Å². The van der Waals surface area contributed by atoms with Crippen LogP contribution >= 0.6 is 11.6 Å². The molecule has 4 heteroatoms. The fraction of sp³-hybridized carbons (Fsp3) is 1.00. The molecule has 1 aliphatic heterocycles. The first kappa shape index (κ1) is 9.51. The number of halogens is 1. The average molecular weight is 195 g/mol. The molecule has 1 aliphatic rings. The quantitative estimate of drug-likeness (QED) is 0.496. The van der Waals surface area contributed by atoms with Crippen LogP contribution < -0.4 is 0 Å². The maximum absolute atomic E-state index is 5.97. The van der Waals surface area contributed by atoms with Gasteiger partial charge in [-0.3, -0.25) is 0 Å². The zero-order valence-corrected chi connectivity index (χ0v) is 8.86. The molecule has 0 amide bonds. The predicted octanol–water partition coefficient (Wildman–Crippen LogP) is 2.12. The van der Waals surface area contributed by atoms with Crippen LogP contribution in [0, 0.1) is 0 Å². The lowest BCUT2D eigenvalue weighted by molar-refractivity contribution is 0.233. The van der Waals surface area contributed by atoms with Gasteiger partial charge in [-0.2, -0.15) is 0 Å². The lowest BCUT2D eigenvalue weighted by atomic mass is 10.2. The van der Waals surface area contributed by atoms with Gasteiger partial charge < -0.3 is 8.85 Å². The van der Waals surface area contributed by atoms with Crippen molar-refractivity contribution in [2.75, 3.05) is 14.2 Å². The van der Waals surface area contributed by atoms with E-state index in [1.165, 1.54) is 0 Å². The van der Waals surface area contributed by atoms with E-state index in [0.717, 1.165) is 24.9 Å². The van der Waals surface area contributed by atoms with Crippen molar-refractivity contribution in [2.45, 2.75) is 30.3 Å². The predicted molar refractivity (Wildman–Crippen MR) is 48.3 cm³/mol. The van der Waals surface area contributed by atoms with Gasteiger partial charge in [0.2, 0.25) is 0 Å². The fourth-order valence-corrected chi connectivity index (χ4v) is 4.91. The van der Waals surface area contributed by atoms with E-state index in [2.05, 4.69) is 0 Å². The molecule has 1 fully saturated rings. The third kappa shape index (κ3) is 2.18. The molecular formula is C7H15ClO2Si. The molecule has 0 saturated carbocycles. The Kier molecular flexibility index (Phi) is 3.37. The summed E-state index contributed by atoms with van der Waals surface area (Å²) in [7, 11) is 1.75. The molecule has 0 N–H and O–H groups in total. The molecule has 1 heterocycles. The van der Waals surface area contributed by atoms with Gasteiger partial charge in [0.25, 0.3) is 0 Å². The summed E-state index contributed by atoms with van der Waals surface area (Å²) in [4.78, 5) is 0. The molecule has 0 aromatic rings. The zero-order chi connectivity index (χ0) is 8.32. The van der Waals surface area contributed by atoms with Crippen molar-refractivity contribution < 1.29 is 8.85 Å². The zero-order valence-electron chi connectivity index (χ0n) is 7.10. The first-order valence-electron chi connectivity index (χ1n) is 3.97. The molecule has 66 valence electrons. The van der Waals surface area contributed by atoms with Gasteiger partial charge in [0.15, 0.2) is 0 Å². The van der Waals surface area contributed by atoms with Crippen LogP contribution in [0.3, 0.4) is 0 Å². The normalized spacial score (nSPS) is 25.4. The maximum atomic E-state index is 5.97. The lowest BCUT2D eigenvalue weighted by Crippen LogP contribution is -2.43. The van der Waals surface area contributed by atoms with Gasteiger partial charge >= 0.3 is 8.56 Å². The van der Waals surface area contributed by atoms with Crippen molar-refractivity contribution >= 4 is 20.2 Å². The Morgan fingerprint density at radius 3 is 2.00 bits per heavy atom. The summed E-state index contributed by atoms with van der Waals surface area (Å²) in [5.41, 5.74) is 0. The van der Waals surface area contributed by atoms with Gasteiger partial charge in [-0.05, 0) is 24.9 Å². The Labute approximate surface area is 74.1 Å². The van der Waals surface area contributed by atoms with Crippen LogP contribution in [0.5, 0.6) is 0 Å². The Morgan fingerprint density at radius 1 is 1.18 bits per heavy atom. The van der Waals surface area contributed by atoms with E-state index in [1.54, 1.807) is 14.2 Å². The highest BCUT2D eigenvalue weighted by molar-refractivity contribution is 6.67.